The molecule has 2 rings (SSSR count). The first-order valence-corrected chi connectivity index (χ1v) is 5.91. The van der Waals surface area contributed by atoms with E-state index >= 15 is 0 Å². The number of halogens is 3. The van der Waals surface area contributed by atoms with E-state index in [1.165, 1.54) is 18.3 Å². The Labute approximate surface area is 112 Å². The van der Waals surface area contributed by atoms with E-state index in [9.17, 15) is 9.18 Å². The molecule has 0 bridgehead atoms. The van der Waals surface area contributed by atoms with E-state index < -0.39 is 11.8 Å². The molecule has 0 saturated heterocycles. The lowest BCUT2D eigenvalue weighted by Gasteiger charge is -2.08. The Balaban J connectivity index is 2.71. The van der Waals surface area contributed by atoms with Crippen LogP contribution in [-0.2, 0) is 4.74 Å². The van der Waals surface area contributed by atoms with Gasteiger partial charge >= 0.3 is 5.97 Å². The highest BCUT2D eigenvalue weighted by Crippen LogP contribution is 2.32. The van der Waals surface area contributed by atoms with Crippen LogP contribution in [0.3, 0.4) is 0 Å². The molecule has 0 amide bonds. The van der Waals surface area contributed by atoms with Crippen LogP contribution < -0.4 is 0 Å². The second kappa shape index (κ2) is 5.08. The van der Waals surface area contributed by atoms with Crippen molar-refractivity contribution in [1.82, 2.24) is 4.98 Å². The average Bonchev–Trinajstić information content (AvgIpc) is 2.34. The summed E-state index contributed by atoms with van der Waals surface area (Å²) in [6.45, 7) is 1.86. The van der Waals surface area contributed by atoms with Gasteiger partial charge in [0.1, 0.15) is 5.82 Å². The van der Waals surface area contributed by atoms with Crippen LogP contribution in [0.5, 0.6) is 0 Å². The molecule has 0 spiro atoms. The van der Waals surface area contributed by atoms with Gasteiger partial charge in [-0.15, -0.1) is 0 Å². The zero-order valence-electron chi connectivity index (χ0n) is 9.34. The fraction of sp³-hybridized carbons (Fsp3) is 0.167. The molecule has 0 aliphatic carbocycles. The molecule has 0 aliphatic heterocycles. The predicted molar refractivity (Wildman–Crippen MR) is 67.7 cm³/mol. The van der Waals surface area contributed by atoms with Gasteiger partial charge in [-0.3, -0.25) is 4.98 Å². The summed E-state index contributed by atoms with van der Waals surface area (Å²) in [6, 6.07) is 2.56. The molecular weight excluding hydrogens is 280 g/mol. The van der Waals surface area contributed by atoms with E-state index in [2.05, 4.69) is 4.98 Å². The second-order valence-electron chi connectivity index (χ2n) is 3.46. The van der Waals surface area contributed by atoms with Gasteiger partial charge in [-0.25, -0.2) is 9.18 Å². The smallest absolute Gasteiger partial charge is 0.341 e. The molecule has 0 unspecified atom stereocenters. The minimum atomic E-state index is -0.642. The molecule has 94 valence electrons. The highest BCUT2D eigenvalue weighted by Gasteiger charge is 2.18. The van der Waals surface area contributed by atoms with Gasteiger partial charge < -0.3 is 4.74 Å². The standard InChI is InChI=1S/C12H8Cl2FNO2/c1-2-18-12(17)6-5-16-11-7(13)3-4-8(15)9(11)10(6)14/h3-5H,2H2,1H3. The van der Waals surface area contributed by atoms with Gasteiger partial charge in [0, 0.05) is 6.20 Å². The number of fused-ring (bicyclic) bond motifs is 1. The first kappa shape index (κ1) is 13.1. The lowest BCUT2D eigenvalue weighted by molar-refractivity contribution is 0.0526. The predicted octanol–water partition coefficient (Wildman–Crippen LogP) is 3.86. The van der Waals surface area contributed by atoms with Crippen molar-refractivity contribution in [3.8, 4) is 0 Å². The molecule has 0 aliphatic rings. The summed E-state index contributed by atoms with van der Waals surface area (Å²) in [5, 5.41) is 0.247. The van der Waals surface area contributed by atoms with Crippen LogP contribution in [0.2, 0.25) is 10.0 Å². The van der Waals surface area contributed by atoms with Crippen molar-refractivity contribution in [2.24, 2.45) is 0 Å². The topological polar surface area (TPSA) is 39.2 Å². The Bertz CT molecular complexity index is 631. The molecule has 6 heteroatoms. The van der Waals surface area contributed by atoms with Crippen LogP contribution >= 0.6 is 23.2 Å². The monoisotopic (exact) mass is 287 g/mol. The van der Waals surface area contributed by atoms with Crippen molar-refractivity contribution in [2.45, 2.75) is 6.92 Å². The minimum absolute atomic E-state index is 0.0205. The average molecular weight is 288 g/mol. The lowest BCUT2D eigenvalue weighted by Crippen LogP contribution is -2.06. The number of ether oxygens (including phenoxy) is 1. The van der Waals surface area contributed by atoms with Gasteiger partial charge in [0.05, 0.1) is 33.1 Å². The van der Waals surface area contributed by atoms with E-state index in [4.69, 9.17) is 27.9 Å². The quantitative estimate of drug-likeness (QED) is 0.788. The van der Waals surface area contributed by atoms with Crippen molar-refractivity contribution < 1.29 is 13.9 Å². The fourth-order valence-corrected chi connectivity index (χ4v) is 2.06. The lowest BCUT2D eigenvalue weighted by atomic mass is 10.1. The number of carbonyl (C=O) groups excluding carboxylic acids is 1. The van der Waals surface area contributed by atoms with E-state index in [0.29, 0.717) is 0 Å². The maximum atomic E-state index is 13.7. The van der Waals surface area contributed by atoms with Gasteiger partial charge in [-0.1, -0.05) is 23.2 Å². The van der Waals surface area contributed by atoms with Crippen molar-refractivity contribution in [1.29, 1.82) is 0 Å². The van der Waals surface area contributed by atoms with Gasteiger partial charge in [0.25, 0.3) is 0 Å². The van der Waals surface area contributed by atoms with E-state index in [1.807, 2.05) is 0 Å². The molecule has 1 aromatic carbocycles. The second-order valence-corrected chi connectivity index (χ2v) is 4.24. The first-order valence-electron chi connectivity index (χ1n) is 5.15. The summed E-state index contributed by atoms with van der Waals surface area (Å²) >= 11 is 11.9. The number of benzene rings is 1. The SMILES string of the molecule is CCOC(=O)c1cnc2c(Cl)ccc(F)c2c1Cl. The Hall–Kier alpha value is -1.39. The Morgan fingerprint density at radius 1 is 1.44 bits per heavy atom. The highest BCUT2D eigenvalue weighted by atomic mass is 35.5. The maximum Gasteiger partial charge on any atom is 0.341 e. The summed E-state index contributed by atoms with van der Waals surface area (Å²) in [5.41, 5.74) is 0.238. The molecule has 0 fully saturated rings. The number of hydrogen-bond donors (Lipinski definition) is 0. The molecule has 0 N–H and O–H groups in total. The molecule has 1 aromatic heterocycles. The summed E-state index contributed by atoms with van der Waals surface area (Å²) < 4.78 is 18.5. The minimum Gasteiger partial charge on any atom is -0.462 e. The molecule has 3 nitrogen and oxygen atoms in total. The van der Waals surface area contributed by atoms with Gasteiger partial charge in [0.15, 0.2) is 0 Å². The molecule has 0 saturated carbocycles. The Morgan fingerprint density at radius 3 is 2.83 bits per heavy atom. The number of hydrogen-bond acceptors (Lipinski definition) is 3. The van der Waals surface area contributed by atoms with Crippen LogP contribution in [0.25, 0.3) is 10.9 Å². The number of pyridine rings is 1. The van der Waals surface area contributed by atoms with Crippen molar-refractivity contribution in [3.05, 3.63) is 39.8 Å². The van der Waals surface area contributed by atoms with E-state index in [-0.39, 0.29) is 33.1 Å². The number of nitrogens with zero attached hydrogens (tertiary/aromatic N) is 1. The third-order valence-corrected chi connectivity index (χ3v) is 3.05. The van der Waals surface area contributed by atoms with Crippen LogP contribution in [0.1, 0.15) is 17.3 Å². The Kier molecular flexibility index (Phi) is 3.68. The van der Waals surface area contributed by atoms with Crippen LogP contribution in [0.15, 0.2) is 18.3 Å². The van der Waals surface area contributed by atoms with Gasteiger partial charge in [-0.05, 0) is 19.1 Å². The van der Waals surface area contributed by atoms with E-state index in [1.54, 1.807) is 6.92 Å². The van der Waals surface area contributed by atoms with Gasteiger partial charge in [-0.2, -0.15) is 0 Å². The van der Waals surface area contributed by atoms with Crippen molar-refractivity contribution in [3.63, 3.8) is 0 Å². The number of carbonyl (C=O) groups is 1. The summed E-state index contributed by atoms with van der Waals surface area (Å²) in [7, 11) is 0. The zero-order chi connectivity index (χ0) is 13.3. The van der Waals surface area contributed by atoms with Gasteiger partial charge in [0.2, 0.25) is 0 Å². The molecule has 18 heavy (non-hydrogen) atoms. The largest absolute Gasteiger partial charge is 0.462 e. The molecule has 0 radical (unpaired) electrons. The number of esters is 1. The Morgan fingerprint density at radius 2 is 2.17 bits per heavy atom. The third kappa shape index (κ3) is 2.13. The number of aromatic nitrogens is 1. The van der Waals surface area contributed by atoms with Crippen LogP contribution in [-0.4, -0.2) is 17.6 Å². The van der Waals surface area contributed by atoms with E-state index in [0.717, 1.165) is 0 Å². The summed E-state index contributed by atoms with van der Waals surface area (Å²) in [4.78, 5) is 15.6. The molecule has 2 aromatic rings. The molecule has 1 heterocycles. The molecule has 0 atom stereocenters. The normalized spacial score (nSPS) is 10.7. The van der Waals surface area contributed by atoms with Crippen molar-refractivity contribution in [2.75, 3.05) is 6.61 Å². The van der Waals surface area contributed by atoms with Crippen LogP contribution in [0, 0.1) is 5.82 Å². The number of rotatable bonds is 2. The summed E-state index contributed by atoms with van der Waals surface area (Å²) in [6.07, 6.45) is 1.23. The zero-order valence-corrected chi connectivity index (χ0v) is 10.8. The summed E-state index contributed by atoms with van der Waals surface area (Å²) in [5.74, 6) is -1.23. The first-order chi connectivity index (χ1) is 8.56. The highest BCUT2D eigenvalue weighted by molar-refractivity contribution is 6.40. The maximum absolute atomic E-state index is 13.7. The molecular formula is C12H8Cl2FNO2. The third-order valence-electron chi connectivity index (χ3n) is 2.35. The van der Waals surface area contributed by atoms with Crippen LogP contribution in [0.4, 0.5) is 4.39 Å². The van der Waals surface area contributed by atoms with Crippen molar-refractivity contribution >= 4 is 40.1 Å². The fourth-order valence-electron chi connectivity index (χ4n) is 1.55.